The Morgan fingerprint density at radius 1 is 1.50 bits per heavy atom. The SMILES string of the molecule is CCC1([C@@H](O)C/C=C/[C@H]2CCC(=O)N2CCCc2nc(C(=O)O)co2)CCC1. The fraction of sp³-hybridized carbons (Fsp3) is 0.667. The maximum absolute atomic E-state index is 12.2. The molecule has 2 fully saturated rings. The molecule has 0 unspecified atom stereocenters. The minimum Gasteiger partial charge on any atom is -0.476 e. The predicted octanol–water partition coefficient (Wildman–Crippen LogP) is 3.18. The summed E-state index contributed by atoms with van der Waals surface area (Å²) < 4.78 is 5.16. The van der Waals surface area contributed by atoms with Crippen molar-refractivity contribution in [2.24, 2.45) is 5.41 Å². The third-order valence-corrected chi connectivity index (χ3v) is 6.41. The molecule has 7 heteroatoms. The number of likely N-dealkylation sites (tertiary alicyclic amines) is 1. The van der Waals surface area contributed by atoms with Crippen LogP contribution in [-0.4, -0.2) is 50.7 Å². The van der Waals surface area contributed by atoms with Crippen molar-refractivity contribution in [2.75, 3.05) is 6.54 Å². The highest BCUT2D eigenvalue weighted by atomic mass is 16.4. The van der Waals surface area contributed by atoms with Gasteiger partial charge in [0.2, 0.25) is 5.91 Å². The summed E-state index contributed by atoms with van der Waals surface area (Å²) in [5, 5.41) is 19.4. The molecule has 154 valence electrons. The van der Waals surface area contributed by atoms with Gasteiger partial charge in [-0.05, 0) is 43.9 Å². The Balaban J connectivity index is 1.47. The van der Waals surface area contributed by atoms with Gasteiger partial charge in [-0.3, -0.25) is 4.79 Å². The van der Waals surface area contributed by atoms with E-state index in [1.165, 1.54) is 6.42 Å². The first-order valence-electron chi connectivity index (χ1n) is 10.3. The van der Waals surface area contributed by atoms with Crippen molar-refractivity contribution in [3.63, 3.8) is 0 Å². The lowest BCUT2D eigenvalue weighted by atomic mass is 9.63. The smallest absolute Gasteiger partial charge is 0.357 e. The van der Waals surface area contributed by atoms with Crippen molar-refractivity contribution in [2.45, 2.75) is 76.9 Å². The number of aliphatic hydroxyl groups excluding tert-OH is 1. The van der Waals surface area contributed by atoms with Gasteiger partial charge in [0.05, 0.1) is 12.1 Å². The Bertz CT molecular complexity index is 717. The third kappa shape index (κ3) is 4.46. The molecule has 2 heterocycles. The molecule has 0 bridgehead atoms. The lowest BCUT2D eigenvalue weighted by Gasteiger charge is -2.45. The monoisotopic (exact) mass is 390 g/mol. The highest BCUT2D eigenvalue weighted by Crippen LogP contribution is 2.47. The molecular weight excluding hydrogens is 360 g/mol. The Morgan fingerprint density at radius 2 is 2.29 bits per heavy atom. The van der Waals surface area contributed by atoms with Crippen molar-refractivity contribution < 1.29 is 24.2 Å². The number of aromatic carboxylic acids is 1. The zero-order valence-corrected chi connectivity index (χ0v) is 16.5. The zero-order valence-electron chi connectivity index (χ0n) is 16.5. The molecule has 1 saturated heterocycles. The third-order valence-electron chi connectivity index (χ3n) is 6.41. The molecule has 0 spiro atoms. The van der Waals surface area contributed by atoms with Gasteiger partial charge in [-0.2, -0.15) is 0 Å². The van der Waals surface area contributed by atoms with Crippen LogP contribution in [0.5, 0.6) is 0 Å². The Labute approximate surface area is 165 Å². The molecule has 2 atom stereocenters. The summed E-state index contributed by atoms with van der Waals surface area (Å²) in [6.45, 7) is 2.73. The van der Waals surface area contributed by atoms with E-state index in [1.54, 1.807) is 0 Å². The van der Waals surface area contributed by atoms with Crippen molar-refractivity contribution in [1.82, 2.24) is 9.88 Å². The van der Waals surface area contributed by atoms with Gasteiger partial charge >= 0.3 is 5.97 Å². The van der Waals surface area contributed by atoms with Gasteiger partial charge in [0.15, 0.2) is 11.6 Å². The molecule has 1 aliphatic heterocycles. The van der Waals surface area contributed by atoms with Crippen LogP contribution >= 0.6 is 0 Å². The van der Waals surface area contributed by atoms with E-state index < -0.39 is 5.97 Å². The van der Waals surface area contributed by atoms with Crippen LogP contribution in [-0.2, 0) is 11.2 Å². The number of aryl methyl sites for hydroxylation is 1. The highest BCUT2D eigenvalue weighted by molar-refractivity contribution is 5.84. The fourth-order valence-corrected chi connectivity index (χ4v) is 4.34. The van der Waals surface area contributed by atoms with E-state index in [4.69, 9.17) is 9.52 Å². The molecule has 0 aromatic carbocycles. The number of nitrogens with zero attached hydrogens (tertiary/aromatic N) is 2. The zero-order chi connectivity index (χ0) is 20.1. The molecular formula is C21H30N2O5. The van der Waals surface area contributed by atoms with Crippen LogP contribution in [0.4, 0.5) is 0 Å². The van der Waals surface area contributed by atoms with Crippen LogP contribution in [0.2, 0.25) is 0 Å². The average molecular weight is 390 g/mol. The number of aromatic nitrogens is 1. The van der Waals surface area contributed by atoms with Crippen molar-refractivity contribution >= 4 is 11.9 Å². The quantitative estimate of drug-likeness (QED) is 0.595. The number of hydrogen-bond donors (Lipinski definition) is 2. The fourth-order valence-electron chi connectivity index (χ4n) is 4.34. The lowest BCUT2D eigenvalue weighted by Crippen LogP contribution is -2.40. The number of amides is 1. The normalized spacial score (nSPS) is 22.6. The standard InChI is InChI=1S/C21H30N2O5/c1-2-21(11-5-12-21)17(24)7-3-6-15-9-10-19(25)23(15)13-4-8-18-22-16(14-28-18)20(26)27/h3,6,14-15,17,24H,2,4-5,7-13H2,1H3,(H,26,27)/b6-3+/t15-,17-/m0/s1. The van der Waals surface area contributed by atoms with E-state index in [2.05, 4.69) is 18.0 Å². The summed E-state index contributed by atoms with van der Waals surface area (Å²) in [6.07, 6.45) is 12.5. The number of rotatable bonds is 10. The molecule has 1 amide bonds. The first-order valence-corrected chi connectivity index (χ1v) is 10.3. The van der Waals surface area contributed by atoms with E-state index in [0.717, 1.165) is 31.9 Å². The summed E-state index contributed by atoms with van der Waals surface area (Å²) >= 11 is 0. The number of carbonyl (C=O) groups is 2. The van der Waals surface area contributed by atoms with Crippen molar-refractivity contribution in [1.29, 1.82) is 0 Å². The Morgan fingerprint density at radius 3 is 2.89 bits per heavy atom. The van der Waals surface area contributed by atoms with Crippen LogP contribution in [0, 0.1) is 5.41 Å². The van der Waals surface area contributed by atoms with Gasteiger partial charge < -0.3 is 19.5 Å². The van der Waals surface area contributed by atoms with E-state index in [0.29, 0.717) is 38.1 Å². The first kappa shape index (κ1) is 20.6. The average Bonchev–Trinajstić information content (AvgIpc) is 3.23. The molecule has 0 radical (unpaired) electrons. The van der Waals surface area contributed by atoms with Gasteiger partial charge in [0, 0.05) is 19.4 Å². The summed E-state index contributed by atoms with van der Waals surface area (Å²) in [4.78, 5) is 28.8. The molecule has 3 rings (SSSR count). The molecule has 7 nitrogen and oxygen atoms in total. The second-order valence-corrected chi connectivity index (χ2v) is 7.98. The summed E-state index contributed by atoms with van der Waals surface area (Å²) in [6, 6.07) is 0.0674. The van der Waals surface area contributed by atoms with E-state index >= 15 is 0 Å². The molecule has 2 N–H and O–H groups in total. The molecule has 1 saturated carbocycles. The van der Waals surface area contributed by atoms with Gasteiger partial charge in [0.25, 0.3) is 0 Å². The van der Waals surface area contributed by atoms with Gasteiger partial charge in [-0.25, -0.2) is 9.78 Å². The molecule has 28 heavy (non-hydrogen) atoms. The maximum atomic E-state index is 12.2. The largest absolute Gasteiger partial charge is 0.476 e. The van der Waals surface area contributed by atoms with Crippen molar-refractivity contribution in [3.05, 3.63) is 30.0 Å². The first-order chi connectivity index (χ1) is 13.4. The predicted molar refractivity (Wildman–Crippen MR) is 103 cm³/mol. The molecule has 2 aliphatic rings. The van der Waals surface area contributed by atoms with E-state index in [-0.39, 0.29) is 29.2 Å². The van der Waals surface area contributed by atoms with Gasteiger partial charge in [-0.15, -0.1) is 0 Å². The second-order valence-electron chi connectivity index (χ2n) is 7.98. The van der Waals surface area contributed by atoms with E-state index in [1.807, 2.05) is 11.0 Å². The van der Waals surface area contributed by atoms with Gasteiger partial charge in [-0.1, -0.05) is 25.5 Å². The van der Waals surface area contributed by atoms with Crippen LogP contribution < -0.4 is 0 Å². The van der Waals surface area contributed by atoms with Crippen LogP contribution in [0.15, 0.2) is 22.8 Å². The van der Waals surface area contributed by atoms with Crippen LogP contribution in [0.3, 0.4) is 0 Å². The number of carboxylic acid groups (broad SMARTS) is 1. The number of carboxylic acids is 1. The van der Waals surface area contributed by atoms with Crippen LogP contribution in [0.1, 0.15) is 74.7 Å². The maximum Gasteiger partial charge on any atom is 0.357 e. The number of oxazole rings is 1. The lowest BCUT2D eigenvalue weighted by molar-refractivity contribution is -0.128. The minimum absolute atomic E-state index is 0.0674. The molecule has 1 aromatic rings. The number of hydrogen-bond acceptors (Lipinski definition) is 5. The number of aliphatic hydroxyl groups is 1. The van der Waals surface area contributed by atoms with Gasteiger partial charge in [0.1, 0.15) is 6.26 Å². The molecule has 1 aromatic heterocycles. The molecule has 1 aliphatic carbocycles. The second kappa shape index (κ2) is 8.90. The summed E-state index contributed by atoms with van der Waals surface area (Å²) in [5.74, 6) is -0.591. The highest BCUT2D eigenvalue weighted by Gasteiger charge is 2.41. The van der Waals surface area contributed by atoms with E-state index in [9.17, 15) is 14.7 Å². The van der Waals surface area contributed by atoms with Crippen molar-refractivity contribution in [3.8, 4) is 0 Å². The summed E-state index contributed by atoms with van der Waals surface area (Å²) in [5.41, 5.74) is 0.00308. The number of carbonyl (C=O) groups excluding carboxylic acids is 1. The van der Waals surface area contributed by atoms with Crippen LogP contribution in [0.25, 0.3) is 0 Å². The summed E-state index contributed by atoms with van der Waals surface area (Å²) in [7, 11) is 0. The topological polar surface area (TPSA) is 104 Å². The minimum atomic E-state index is -1.11. The Hall–Kier alpha value is -2.15. The Kier molecular flexibility index (Phi) is 6.54.